The average molecular weight is 219 g/mol. The van der Waals surface area contributed by atoms with Gasteiger partial charge in [0.05, 0.1) is 31.2 Å². The Labute approximate surface area is 87.4 Å². The predicted octanol–water partition coefficient (Wildman–Crippen LogP) is -2.95. The number of rotatable bonds is 6. The van der Waals surface area contributed by atoms with Gasteiger partial charge in [-0.1, -0.05) is 0 Å². The topological polar surface area (TPSA) is 139 Å². The molecule has 0 saturated heterocycles. The quantitative estimate of drug-likeness (QED) is 0.325. The van der Waals surface area contributed by atoms with E-state index < -0.39 is 36.6 Å². The van der Waals surface area contributed by atoms with Crippen LogP contribution < -0.4 is 16.8 Å². The minimum Gasteiger partial charge on any atom is -0.394 e. The molecular formula is C8H17N3O4. The maximum absolute atomic E-state index is 11.3. The zero-order chi connectivity index (χ0) is 12.1. The van der Waals surface area contributed by atoms with Crippen molar-refractivity contribution in [3.63, 3.8) is 0 Å². The zero-order valence-corrected chi connectivity index (χ0v) is 8.56. The summed E-state index contributed by atoms with van der Waals surface area (Å²) >= 11 is 0. The number of nitrogens with one attached hydrogen (secondary N) is 1. The van der Waals surface area contributed by atoms with Crippen LogP contribution in [0.5, 0.6) is 0 Å². The van der Waals surface area contributed by atoms with Crippen molar-refractivity contribution >= 4 is 11.8 Å². The van der Waals surface area contributed by atoms with Crippen LogP contribution in [0.25, 0.3) is 0 Å². The van der Waals surface area contributed by atoms with Crippen LogP contribution in [-0.4, -0.2) is 46.8 Å². The third-order valence-electron chi connectivity index (χ3n) is 1.88. The number of nitrogens with two attached hydrogens (primary N) is 2. The maximum atomic E-state index is 11.3. The Bertz CT molecular complexity index is 240. The number of aliphatic hydroxyl groups excluding tert-OH is 2. The fraction of sp³-hybridized carbons (Fsp3) is 0.750. The summed E-state index contributed by atoms with van der Waals surface area (Å²) in [4.78, 5) is 21.8. The molecule has 0 aliphatic carbocycles. The van der Waals surface area contributed by atoms with Crippen molar-refractivity contribution in [1.29, 1.82) is 0 Å². The van der Waals surface area contributed by atoms with Gasteiger partial charge in [-0.3, -0.25) is 9.59 Å². The van der Waals surface area contributed by atoms with Gasteiger partial charge in [0, 0.05) is 0 Å². The summed E-state index contributed by atoms with van der Waals surface area (Å²) in [6.45, 7) is 0.582. The van der Waals surface area contributed by atoms with Crippen LogP contribution in [0.2, 0.25) is 0 Å². The van der Waals surface area contributed by atoms with Crippen LogP contribution in [0.1, 0.15) is 13.3 Å². The first-order valence-electron chi connectivity index (χ1n) is 4.42. The van der Waals surface area contributed by atoms with Crippen molar-refractivity contribution in [2.24, 2.45) is 11.5 Å². The van der Waals surface area contributed by atoms with E-state index in [4.69, 9.17) is 21.7 Å². The fourth-order valence-electron chi connectivity index (χ4n) is 0.829. The lowest BCUT2D eigenvalue weighted by Gasteiger charge is -2.27. The van der Waals surface area contributed by atoms with Gasteiger partial charge in [0.2, 0.25) is 11.8 Å². The van der Waals surface area contributed by atoms with Gasteiger partial charge in [-0.2, -0.15) is 0 Å². The standard InChI is InChI=1S/C8H17N3O4/c1-8(3-12,4-13)11-7(15)5(9)2-6(10)14/h5,12-13H,2-4,9H2,1H3,(H2,10,14)(H,11,15). The Hall–Kier alpha value is -1.18. The van der Waals surface area contributed by atoms with Crippen LogP contribution in [0.3, 0.4) is 0 Å². The third-order valence-corrected chi connectivity index (χ3v) is 1.88. The van der Waals surface area contributed by atoms with Gasteiger partial charge in [0.25, 0.3) is 0 Å². The Balaban J connectivity index is 4.28. The smallest absolute Gasteiger partial charge is 0.238 e. The molecule has 0 aromatic carbocycles. The van der Waals surface area contributed by atoms with Crippen LogP contribution in [0, 0.1) is 0 Å². The second kappa shape index (κ2) is 5.64. The molecule has 0 heterocycles. The number of carbonyl (C=O) groups is 2. The maximum Gasteiger partial charge on any atom is 0.238 e. The summed E-state index contributed by atoms with van der Waals surface area (Å²) < 4.78 is 0. The lowest BCUT2D eigenvalue weighted by molar-refractivity contribution is -0.128. The molecular weight excluding hydrogens is 202 g/mol. The van der Waals surface area contributed by atoms with Gasteiger partial charge in [-0.05, 0) is 6.92 Å². The van der Waals surface area contributed by atoms with Crippen molar-refractivity contribution < 1.29 is 19.8 Å². The summed E-state index contributed by atoms with van der Waals surface area (Å²) in [5.41, 5.74) is 9.07. The lowest BCUT2D eigenvalue weighted by atomic mass is 10.0. The van der Waals surface area contributed by atoms with Gasteiger partial charge in [-0.25, -0.2) is 0 Å². The summed E-state index contributed by atoms with van der Waals surface area (Å²) in [5.74, 6) is -1.33. The largest absolute Gasteiger partial charge is 0.394 e. The van der Waals surface area contributed by atoms with Crippen molar-refractivity contribution in [1.82, 2.24) is 5.32 Å². The molecule has 0 saturated carbocycles. The molecule has 2 amide bonds. The number of hydrogen-bond donors (Lipinski definition) is 5. The van der Waals surface area contributed by atoms with Gasteiger partial charge in [0.15, 0.2) is 0 Å². The van der Waals surface area contributed by atoms with Crippen LogP contribution in [0.4, 0.5) is 0 Å². The SMILES string of the molecule is CC(CO)(CO)NC(=O)C(N)CC(N)=O. The van der Waals surface area contributed by atoms with E-state index in [1.54, 1.807) is 0 Å². The number of hydrogen-bond acceptors (Lipinski definition) is 5. The summed E-state index contributed by atoms with van der Waals surface area (Å²) in [7, 11) is 0. The molecule has 0 rings (SSSR count). The molecule has 7 heteroatoms. The van der Waals surface area contributed by atoms with E-state index in [0.29, 0.717) is 0 Å². The fourth-order valence-corrected chi connectivity index (χ4v) is 0.829. The number of carbonyl (C=O) groups excluding carboxylic acids is 2. The number of amides is 2. The third kappa shape index (κ3) is 4.73. The van der Waals surface area contributed by atoms with Crippen LogP contribution in [-0.2, 0) is 9.59 Å². The zero-order valence-electron chi connectivity index (χ0n) is 8.56. The molecule has 1 unspecified atom stereocenters. The molecule has 1 atom stereocenters. The minimum absolute atomic E-state index is 0.279. The first-order chi connectivity index (χ1) is 6.84. The predicted molar refractivity (Wildman–Crippen MR) is 52.5 cm³/mol. The second-order valence-corrected chi connectivity index (χ2v) is 3.64. The van der Waals surface area contributed by atoms with Gasteiger partial charge >= 0.3 is 0 Å². The highest BCUT2D eigenvalue weighted by atomic mass is 16.3. The van der Waals surface area contributed by atoms with E-state index >= 15 is 0 Å². The van der Waals surface area contributed by atoms with Crippen molar-refractivity contribution in [3.8, 4) is 0 Å². The molecule has 0 aliphatic heterocycles. The Kier molecular flexibility index (Phi) is 5.20. The van der Waals surface area contributed by atoms with Crippen LogP contribution >= 0.6 is 0 Å². The summed E-state index contributed by atoms with van der Waals surface area (Å²) in [6.07, 6.45) is -0.279. The Morgan fingerprint density at radius 3 is 2.20 bits per heavy atom. The highest BCUT2D eigenvalue weighted by Crippen LogP contribution is 2.01. The molecule has 7 N–H and O–H groups in total. The first-order valence-corrected chi connectivity index (χ1v) is 4.42. The molecule has 0 fully saturated rings. The minimum atomic E-state index is -1.15. The molecule has 0 aliphatic rings. The number of aliphatic hydroxyl groups is 2. The molecule has 15 heavy (non-hydrogen) atoms. The summed E-state index contributed by atoms with van der Waals surface area (Å²) in [6, 6.07) is -1.07. The molecule has 0 bridgehead atoms. The molecule has 0 radical (unpaired) electrons. The van der Waals surface area contributed by atoms with E-state index in [0.717, 1.165) is 0 Å². The van der Waals surface area contributed by atoms with Crippen molar-refractivity contribution in [3.05, 3.63) is 0 Å². The van der Waals surface area contributed by atoms with E-state index in [2.05, 4.69) is 5.32 Å². The molecule has 0 aromatic rings. The second-order valence-electron chi connectivity index (χ2n) is 3.64. The van der Waals surface area contributed by atoms with Gasteiger partial charge in [-0.15, -0.1) is 0 Å². The Morgan fingerprint density at radius 1 is 1.40 bits per heavy atom. The van der Waals surface area contributed by atoms with Gasteiger partial charge in [0.1, 0.15) is 0 Å². The van der Waals surface area contributed by atoms with Crippen LogP contribution in [0.15, 0.2) is 0 Å². The molecule has 0 spiro atoms. The average Bonchev–Trinajstić information content (AvgIpc) is 2.16. The van der Waals surface area contributed by atoms with E-state index in [-0.39, 0.29) is 6.42 Å². The van der Waals surface area contributed by atoms with E-state index in [9.17, 15) is 9.59 Å². The normalized spacial score (nSPS) is 13.3. The summed E-state index contributed by atoms with van der Waals surface area (Å²) in [5, 5.41) is 20.1. The highest BCUT2D eigenvalue weighted by Gasteiger charge is 2.27. The first kappa shape index (κ1) is 13.8. The van der Waals surface area contributed by atoms with Crippen molar-refractivity contribution in [2.75, 3.05) is 13.2 Å². The van der Waals surface area contributed by atoms with E-state index in [1.165, 1.54) is 6.92 Å². The molecule has 7 nitrogen and oxygen atoms in total. The monoisotopic (exact) mass is 219 g/mol. The lowest BCUT2D eigenvalue weighted by Crippen LogP contribution is -2.56. The van der Waals surface area contributed by atoms with Crippen molar-refractivity contribution in [2.45, 2.75) is 24.9 Å². The molecule has 0 aromatic heterocycles. The highest BCUT2D eigenvalue weighted by molar-refractivity contribution is 5.87. The Morgan fingerprint density at radius 2 is 1.87 bits per heavy atom. The van der Waals surface area contributed by atoms with Gasteiger partial charge < -0.3 is 27.0 Å². The number of primary amides is 1. The molecule has 88 valence electrons. The van der Waals surface area contributed by atoms with E-state index in [1.807, 2.05) is 0 Å².